The molecular formula is C18H28N6O3. The first kappa shape index (κ1) is 17.4. The summed E-state index contributed by atoms with van der Waals surface area (Å²) >= 11 is 0. The number of nitrogens with zero attached hydrogens (tertiary/aromatic N) is 4. The quantitative estimate of drug-likeness (QED) is 0.736. The summed E-state index contributed by atoms with van der Waals surface area (Å²) in [6.45, 7) is 5.58. The van der Waals surface area contributed by atoms with Gasteiger partial charge in [-0.2, -0.15) is 4.98 Å². The first-order chi connectivity index (χ1) is 13.3. The summed E-state index contributed by atoms with van der Waals surface area (Å²) in [5.74, 6) is 2.30. The van der Waals surface area contributed by atoms with Crippen LogP contribution >= 0.6 is 0 Å². The molecule has 1 aliphatic carbocycles. The molecule has 1 saturated carbocycles. The zero-order valence-electron chi connectivity index (χ0n) is 15.6. The number of rotatable bonds is 5. The molecule has 1 amide bonds. The monoisotopic (exact) mass is 376 g/mol. The highest BCUT2D eigenvalue weighted by molar-refractivity contribution is 5.81. The fourth-order valence-corrected chi connectivity index (χ4v) is 4.12. The Kier molecular flexibility index (Phi) is 4.75. The second-order valence-corrected chi connectivity index (χ2v) is 8.15. The second kappa shape index (κ2) is 7.37. The van der Waals surface area contributed by atoms with E-state index in [9.17, 15) is 4.79 Å². The maximum absolute atomic E-state index is 12.2. The third-order valence-electron chi connectivity index (χ3n) is 6.06. The van der Waals surface area contributed by atoms with Gasteiger partial charge < -0.3 is 24.4 Å². The highest BCUT2D eigenvalue weighted by atomic mass is 16.5. The van der Waals surface area contributed by atoms with Crippen LogP contribution in [0.25, 0.3) is 0 Å². The van der Waals surface area contributed by atoms with E-state index in [4.69, 9.17) is 9.26 Å². The van der Waals surface area contributed by atoms with Gasteiger partial charge in [0.05, 0.1) is 25.4 Å². The Hall–Kier alpha value is -1.71. The number of aromatic nitrogens is 2. The molecule has 9 nitrogen and oxygen atoms in total. The third kappa shape index (κ3) is 3.81. The summed E-state index contributed by atoms with van der Waals surface area (Å²) < 4.78 is 10.8. The molecule has 0 radical (unpaired) electrons. The van der Waals surface area contributed by atoms with E-state index in [-0.39, 0.29) is 12.1 Å². The minimum atomic E-state index is 0.269. The average Bonchev–Trinajstić information content (AvgIpc) is 3.41. The molecule has 4 fully saturated rings. The summed E-state index contributed by atoms with van der Waals surface area (Å²) in [6.07, 6.45) is 4.34. The van der Waals surface area contributed by atoms with Crippen molar-refractivity contribution in [3.63, 3.8) is 0 Å². The molecule has 1 aromatic rings. The number of anilines is 1. The van der Waals surface area contributed by atoms with E-state index in [1.54, 1.807) is 0 Å². The van der Waals surface area contributed by atoms with Gasteiger partial charge in [0.2, 0.25) is 11.8 Å². The van der Waals surface area contributed by atoms with E-state index in [0.717, 1.165) is 77.5 Å². The van der Waals surface area contributed by atoms with Crippen molar-refractivity contribution < 1.29 is 14.1 Å². The lowest BCUT2D eigenvalue weighted by atomic mass is 9.95. The molecule has 3 saturated heterocycles. The zero-order valence-corrected chi connectivity index (χ0v) is 15.6. The first-order valence-electron chi connectivity index (χ1n) is 10.2. The number of amides is 1. The molecule has 4 heterocycles. The van der Waals surface area contributed by atoms with Crippen LogP contribution in [0.1, 0.15) is 37.5 Å². The molecule has 1 aromatic heterocycles. The van der Waals surface area contributed by atoms with Crippen LogP contribution in [0.3, 0.4) is 0 Å². The number of carbonyl (C=O) groups is 1. The number of ether oxygens (including phenoxy) is 1. The molecular weight excluding hydrogens is 348 g/mol. The number of hydrogen-bond acceptors (Lipinski definition) is 8. The van der Waals surface area contributed by atoms with Gasteiger partial charge in [-0.05, 0) is 37.4 Å². The largest absolute Gasteiger partial charge is 0.378 e. The van der Waals surface area contributed by atoms with Gasteiger partial charge in [0.1, 0.15) is 0 Å². The van der Waals surface area contributed by atoms with Gasteiger partial charge in [0.15, 0.2) is 0 Å². The van der Waals surface area contributed by atoms with E-state index < -0.39 is 0 Å². The lowest BCUT2D eigenvalue weighted by Gasteiger charge is -2.35. The predicted molar refractivity (Wildman–Crippen MR) is 97.3 cm³/mol. The standard InChI is InChI=1S/C18H28N6O3/c25-17(12-1-2-12)23-5-7-24(8-6-23)18-21-16(27-22-18)13-3-4-19-15(9-13)20-14-10-26-11-14/h12-15,19-20H,1-11H2. The summed E-state index contributed by atoms with van der Waals surface area (Å²) in [5.41, 5.74) is 0. The van der Waals surface area contributed by atoms with E-state index >= 15 is 0 Å². The van der Waals surface area contributed by atoms with Gasteiger partial charge in [0.25, 0.3) is 5.95 Å². The minimum absolute atomic E-state index is 0.269. The molecule has 9 heteroatoms. The highest BCUT2D eigenvalue weighted by Gasteiger charge is 2.35. The van der Waals surface area contributed by atoms with Gasteiger partial charge in [-0.15, -0.1) is 0 Å². The minimum Gasteiger partial charge on any atom is -0.378 e. The van der Waals surface area contributed by atoms with Gasteiger partial charge >= 0.3 is 0 Å². The maximum Gasteiger partial charge on any atom is 0.266 e. The smallest absolute Gasteiger partial charge is 0.266 e. The van der Waals surface area contributed by atoms with Gasteiger partial charge in [0, 0.05) is 38.0 Å². The fourth-order valence-electron chi connectivity index (χ4n) is 4.12. The van der Waals surface area contributed by atoms with Crippen molar-refractivity contribution in [1.29, 1.82) is 0 Å². The summed E-state index contributed by atoms with van der Waals surface area (Å²) in [7, 11) is 0. The number of hydrogen-bond donors (Lipinski definition) is 2. The Morgan fingerprint density at radius 2 is 1.96 bits per heavy atom. The second-order valence-electron chi connectivity index (χ2n) is 8.15. The number of carbonyl (C=O) groups excluding carboxylic acids is 1. The molecule has 2 unspecified atom stereocenters. The zero-order chi connectivity index (χ0) is 18.2. The van der Waals surface area contributed by atoms with Crippen LogP contribution in [0.5, 0.6) is 0 Å². The van der Waals surface area contributed by atoms with Crippen molar-refractivity contribution in [2.75, 3.05) is 50.8 Å². The molecule has 2 N–H and O–H groups in total. The van der Waals surface area contributed by atoms with Crippen LogP contribution in [0.4, 0.5) is 5.95 Å². The van der Waals surface area contributed by atoms with Crippen molar-refractivity contribution in [2.24, 2.45) is 5.92 Å². The highest BCUT2D eigenvalue weighted by Crippen LogP contribution is 2.32. The Balaban J connectivity index is 1.15. The van der Waals surface area contributed by atoms with Gasteiger partial charge in [-0.25, -0.2) is 0 Å². The van der Waals surface area contributed by atoms with Crippen LogP contribution in [0.15, 0.2) is 4.52 Å². The van der Waals surface area contributed by atoms with E-state index in [1.165, 1.54) is 0 Å². The average molecular weight is 376 g/mol. The van der Waals surface area contributed by atoms with E-state index in [0.29, 0.717) is 23.8 Å². The van der Waals surface area contributed by atoms with E-state index in [2.05, 4.69) is 25.7 Å². The van der Waals surface area contributed by atoms with Crippen molar-refractivity contribution in [3.05, 3.63) is 5.89 Å². The molecule has 0 aromatic carbocycles. The van der Waals surface area contributed by atoms with Crippen LogP contribution in [0.2, 0.25) is 0 Å². The van der Waals surface area contributed by atoms with Crippen molar-refractivity contribution in [2.45, 2.75) is 43.8 Å². The molecule has 0 bridgehead atoms. The van der Waals surface area contributed by atoms with Gasteiger partial charge in [-0.1, -0.05) is 0 Å². The Bertz CT molecular complexity index is 666. The summed E-state index contributed by atoms with van der Waals surface area (Å²) in [5, 5.41) is 11.3. The number of piperazine rings is 1. The Morgan fingerprint density at radius 3 is 2.67 bits per heavy atom. The molecule has 2 atom stereocenters. The Morgan fingerprint density at radius 1 is 1.15 bits per heavy atom. The number of piperidine rings is 1. The molecule has 5 rings (SSSR count). The summed E-state index contributed by atoms with van der Waals surface area (Å²) in [4.78, 5) is 21.0. The van der Waals surface area contributed by atoms with Gasteiger partial charge in [-0.3, -0.25) is 10.1 Å². The van der Waals surface area contributed by atoms with Crippen LogP contribution in [-0.4, -0.2) is 79.1 Å². The van der Waals surface area contributed by atoms with Crippen LogP contribution < -0.4 is 15.5 Å². The van der Waals surface area contributed by atoms with Crippen LogP contribution in [0, 0.1) is 5.92 Å². The predicted octanol–water partition coefficient (Wildman–Crippen LogP) is -0.0903. The lowest BCUT2D eigenvalue weighted by molar-refractivity contribution is -0.132. The topological polar surface area (TPSA) is 95.8 Å². The third-order valence-corrected chi connectivity index (χ3v) is 6.06. The summed E-state index contributed by atoms with van der Waals surface area (Å²) in [6, 6.07) is 0.453. The lowest BCUT2D eigenvalue weighted by Crippen LogP contribution is -2.57. The fraction of sp³-hybridized carbons (Fsp3) is 0.833. The molecule has 4 aliphatic rings. The Labute approximate surface area is 158 Å². The normalized spacial score (nSPS) is 29.6. The molecule has 27 heavy (non-hydrogen) atoms. The van der Waals surface area contributed by atoms with E-state index in [1.807, 2.05) is 4.90 Å². The number of nitrogens with one attached hydrogen (secondary N) is 2. The SMILES string of the molecule is O=C(C1CC1)N1CCN(c2noc(C3CCNC(NC4COC4)C3)n2)CC1. The van der Waals surface area contributed by atoms with Crippen LogP contribution in [-0.2, 0) is 9.53 Å². The maximum atomic E-state index is 12.2. The van der Waals surface area contributed by atoms with Crippen molar-refractivity contribution in [3.8, 4) is 0 Å². The molecule has 3 aliphatic heterocycles. The first-order valence-corrected chi connectivity index (χ1v) is 10.2. The van der Waals surface area contributed by atoms with Crippen molar-refractivity contribution >= 4 is 11.9 Å². The molecule has 0 spiro atoms. The van der Waals surface area contributed by atoms with Crippen molar-refractivity contribution in [1.82, 2.24) is 25.7 Å². The molecule has 148 valence electrons.